The Hall–Kier alpha value is -1.42. The minimum atomic E-state index is -0.317. The zero-order valence-corrected chi connectivity index (χ0v) is 10.6. The van der Waals surface area contributed by atoms with E-state index in [2.05, 4.69) is 17.6 Å². The minimum Gasteiger partial charge on any atom is -0.352 e. The smallest absolute Gasteiger partial charge is 0.224 e. The molecule has 1 aromatic rings. The number of halogens is 1. The monoisotopic (exact) mass is 250 g/mol. The zero-order valence-electron chi connectivity index (χ0n) is 10.6. The van der Waals surface area contributed by atoms with Crippen molar-refractivity contribution in [2.24, 2.45) is 0 Å². The second-order valence-corrected chi connectivity index (χ2v) is 4.92. The van der Waals surface area contributed by atoms with Crippen LogP contribution in [0.15, 0.2) is 24.3 Å². The highest BCUT2D eigenvalue weighted by Crippen LogP contribution is 2.09. The molecule has 0 spiro atoms. The van der Waals surface area contributed by atoms with E-state index in [9.17, 15) is 9.18 Å². The first-order chi connectivity index (χ1) is 8.65. The van der Waals surface area contributed by atoms with Gasteiger partial charge in [-0.3, -0.25) is 4.79 Å². The fourth-order valence-corrected chi connectivity index (χ4v) is 2.22. The molecule has 98 valence electrons. The first-order valence-electron chi connectivity index (χ1n) is 6.41. The van der Waals surface area contributed by atoms with Crippen LogP contribution < -0.4 is 10.6 Å². The van der Waals surface area contributed by atoms with Gasteiger partial charge >= 0.3 is 0 Å². The average Bonchev–Trinajstić information content (AvgIpc) is 2.35. The number of nitrogens with one attached hydrogen (secondary N) is 2. The quantitative estimate of drug-likeness (QED) is 0.856. The molecule has 18 heavy (non-hydrogen) atoms. The SMILES string of the molecule is CC1CCC(NC(=O)Cc2ccccc2F)CN1. The van der Waals surface area contributed by atoms with Crippen LogP contribution in [0.3, 0.4) is 0 Å². The predicted octanol–water partition coefficient (Wildman–Crippen LogP) is 1.62. The molecular formula is C14H19FN2O. The summed E-state index contributed by atoms with van der Waals surface area (Å²) in [6.07, 6.45) is 2.15. The zero-order chi connectivity index (χ0) is 13.0. The van der Waals surface area contributed by atoms with Crippen molar-refractivity contribution < 1.29 is 9.18 Å². The standard InChI is InChI=1S/C14H19FN2O/c1-10-6-7-12(9-16-10)17-14(18)8-11-4-2-3-5-13(11)15/h2-5,10,12,16H,6-9H2,1H3,(H,17,18). The van der Waals surface area contributed by atoms with Gasteiger partial charge < -0.3 is 10.6 Å². The third-order valence-electron chi connectivity index (χ3n) is 3.33. The minimum absolute atomic E-state index is 0.110. The first kappa shape index (κ1) is 13.0. The average molecular weight is 250 g/mol. The molecule has 0 aliphatic carbocycles. The lowest BCUT2D eigenvalue weighted by Gasteiger charge is -2.28. The van der Waals surface area contributed by atoms with Crippen LogP contribution in [0.2, 0.25) is 0 Å². The van der Waals surface area contributed by atoms with E-state index in [1.807, 2.05) is 0 Å². The summed E-state index contributed by atoms with van der Waals surface area (Å²) in [7, 11) is 0. The summed E-state index contributed by atoms with van der Waals surface area (Å²) < 4.78 is 13.4. The fraction of sp³-hybridized carbons (Fsp3) is 0.500. The van der Waals surface area contributed by atoms with Gasteiger partial charge in [0.2, 0.25) is 5.91 Å². The van der Waals surface area contributed by atoms with E-state index in [-0.39, 0.29) is 24.2 Å². The van der Waals surface area contributed by atoms with Gasteiger partial charge in [-0.05, 0) is 31.4 Å². The van der Waals surface area contributed by atoms with Gasteiger partial charge in [-0.15, -0.1) is 0 Å². The lowest BCUT2D eigenvalue weighted by atomic mass is 10.0. The molecule has 1 amide bonds. The Bertz CT molecular complexity index is 414. The van der Waals surface area contributed by atoms with Gasteiger partial charge in [0, 0.05) is 18.6 Å². The summed E-state index contributed by atoms with van der Waals surface area (Å²) in [5.74, 6) is -0.426. The number of carbonyl (C=O) groups excluding carboxylic acids is 1. The molecule has 1 aromatic carbocycles. The van der Waals surface area contributed by atoms with E-state index in [0.29, 0.717) is 11.6 Å². The second-order valence-electron chi connectivity index (χ2n) is 4.92. The van der Waals surface area contributed by atoms with Crippen molar-refractivity contribution in [1.82, 2.24) is 10.6 Å². The van der Waals surface area contributed by atoms with Crippen LogP contribution in [0.1, 0.15) is 25.3 Å². The highest BCUT2D eigenvalue weighted by atomic mass is 19.1. The lowest BCUT2D eigenvalue weighted by Crippen LogP contribution is -2.49. The van der Waals surface area contributed by atoms with E-state index >= 15 is 0 Å². The molecule has 2 unspecified atom stereocenters. The van der Waals surface area contributed by atoms with Crippen LogP contribution in [-0.2, 0) is 11.2 Å². The van der Waals surface area contributed by atoms with Crippen molar-refractivity contribution in [1.29, 1.82) is 0 Å². The molecule has 2 N–H and O–H groups in total. The Morgan fingerprint density at radius 3 is 2.89 bits per heavy atom. The third-order valence-corrected chi connectivity index (χ3v) is 3.33. The van der Waals surface area contributed by atoms with Gasteiger partial charge in [0.05, 0.1) is 6.42 Å². The molecule has 1 saturated heterocycles. The molecule has 2 atom stereocenters. The van der Waals surface area contributed by atoms with Crippen LogP contribution in [0.25, 0.3) is 0 Å². The first-order valence-corrected chi connectivity index (χ1v) is 6.41. The maximum absolute atomic E-state index is 13.4. The molecule has 1 aliphatic rings. The molecule has 4 heteroatoms. The summed E-state index contributed by atoms with van der Waals surface area (Å²) in [6, 6.07) is 7.09. The van der Waals surface area contributed by atoms with E-state index in [4.69, 9.17) is 0 Å². The normalized spacial score (nSPS) is 23.7. The number of benzene rings is 1. The largest absolute Gasteiger partial charge is 0.352 e. The van der Waals surface area contributed by atoms with Crippen molar-refractivity contribution in [3.8, 4) is 0 Å². The van der Waals surface area contributed by atoms with Gasteiger partial charge in [-0.2, -0.15) is 0 Å². The second kappa shape index (κ2) is 5.96. The van der Waals surface area contributed by atoms with Crippen molar-refractivity contribution in [2.75, 3.05) is 6.54 Å². The summed E-state index contributed by atoms with van der Waals surface area (Å²) in [4.78, 5) is 11.8. The Labute approximate surface area is 107 Å². The Morgan fingerprint density at radius 1 is 1.44 bits per heavy atom. The highest BCUT2D eigenvalue weighted by molar-refractivity contribution is 5.78. The number of carbonyl (C=O) groups is 1. The van der Waals surface area contributed by atoms with Gasteiger partial charge in [0.25, 0.3) is 0 Å². The summed E-state index contributed by atoms with van der Waals surface area (Å²) in [6.45, 7) is 2.93. The van der Waals surface area contributed by atoms with Crippen LogP contribution in [0, 0.1) is 5.82 Å². The number of hydrogen-bond acceptors (Lipinski definition) is 2. The molecule has 1 aliphatic heterocycles. The van der Waals surface area contributed by atoms with Crippen molar-refractivity contribution in [2.45, 2.75) is 38.3 Å². The molecule has 2 rings (SSSR count). The molecular weight excluding hydrogens is 231 g/mol. The van der Waals surface area contributed by atoms with Crippen LogP contribution >= 0.6 is 0 Å². The van der Waals surface area contributed by atoms with Crippen LogP contribution in [0.4, 0.5) is 4.39 Å². The highest BCUT2D eigenvalue weighted by Gasteiger charge is 2.19. The van der Waals surface area contributed by atoms with Crippen molar-refractivity contribution in [3.63, 3.8) is 0 Å². The van der Waals surface area contributed by atoms with Gasteiger partial charge in [0.15, 0.2) is 0 Å². The maximum atomic E-state index is 13.4. The molecule has 3 nitrogen and oxygen atoms in total. The molecule has 1 heterocycles. The van der Waals surface area contributed by atoms with Crippen molar-refractivity contribution in [3.05, 3.63) is 35.6 Å². The third kappa shape index (κ3) is 3.53. The van der Waals surface area contributed by atoms with Crippen LogP contribution in [-0.4, -0.2) is 24.5 Å². The molecule has 1 fully saturated rings. The Balaban J connectivity index is 1.84. The molecule has 0 bridgehead atoms. The molecule has 0 saturated carbocycles. The number of piperidine rings is 1. The Morgan fingerprint density at radius 2 is 2.22 bits per heavy atom. The topological polar surface area (TPSA) is 41.1 Å². The van der Waals surface area contributed by atoms with Gasteiger partial charge in [0.1, 0.15) is 5.82 Å². The summed E-state index contributed by atoms with van der Waals surface area (Å²) >= 11 is 0. The molecule has 0 aromatic heterocycles. The van der Waals surface area contributed by atoms with E-state index in [1.165, 1.54) is 6.07 Å². The number of rotatable bonds is 3. The van der Waals surface area contributed by atoms with Crippen LogP contribution in [0.5, 0.6) is 0 Å². The fourth-order valence-electron chi connectivity index (χ4n) is 2.22. The van der Waals surface area contributed by atoms with E-state index < -0.39 is 0 Å². The van der Waals surface area contributed by atoms with Crippen molar-refractivity contribution >= 4 is 5.91 Å². The number of amides is 1. The maximum Gasteiger partial charge on any atom is 0.224 e. The lowest BCUT2D eigenvalue weighted by molar-refractivity contribution is -0.121. The summed E-state index contributed by atoms with van der Waals surface area (Å²) in [5, 5.41) is 6.27. The summed E-state index contributed by atoms with van der Waals surface area (Å²) in [5.41, 5.74) is 0.451. The van der Waals surface area contributed by atoms with Gasteiger partial charge in [-0.25, -0.2) is 4.39 Å². The number of hydrogen-bond donors (Lipinski definition) is 2. The van der Waals surface area contributed by atoms with Gasteiger partial charge in [-0.1, -0.05) is 18.2 Å². The molecule has 0 radical (unpaired) electrons. The predicted molar refractivity (Wildman–Crippen MR) is 68.7 cm³/mol. The van der Waals surface area contributed by atoms with E-state index in [0.717, 1.165) is 19.4 Å². The van der Waals surface area contributed by atoms with E-state index in [1.54, 1.807) is 18.2 Å². The Kier molecular flexibility index (Phi) is 4.31.